The van der Waals surface area contributed by atoms with Gasteiger partial charge in [-0.25, -0.2) is 0 Å². The van der Waals surface area contributed by atoms with Crippen LogP contribution in [0.2, 0.25) is 0 Å². The minimum Gasteiger partial charge on any atom is -0.446 e. The lowest BCUT2D eigenvalue weighted by Crippen LogP contribution is -2.25. The van der Waals surface area contributed by atoms with E-state index in [-0.39, 0.29) is 5.91 Å². The molecule has 5 nitrogen and oxygen atoms in total. The zero-order valence-corrected chi connectivity index (χ0v) is 18.8. The molecule has 1 aromatic heterocycles. The van der Waals surface area contributed by atoms with Crippen molar-refractivity contribution < 1.29 is 9.53 Å². The minimum absolute atomic E-state index is 0.155. The number of nitrogens with zero attached hydrogens (tertiary/aromatic N) is 3. The first kappa shape index (κ1) is 19.1. The van der Waals surface area contributed by atoms with Crippen LogP contribution in [0.1, 0.15) is 31.2 Å². The van der Waals surface area contributed by atoms with Gasteiger partial charge in [-0.15, -0.1) is 5.10 Å². The van der Waals surface area contributed by atoms with Gasteiger partial charge in [0, 0.05) is 50.0 Å². The number of para-hydroxylation sites is 1. The normalized spacial score (nSPS) is 16.2. The number of hydrogen-bond donors (Lipinski definition) is 0. The van der Waals surface area contributed by atoms with Gasteiger partial charge in [0.15, 0.2) is 0 Å². The molecule has 0 bridgehead atoms. The molecule has 1 aliphatic rings. The molecule has 1 amide bonds. The third kappa shape index (κ3) is 3.06. The van der Waals surface area contributed by atoms with Crippen molar-refractivity contribution >= 4 is 56.2 Å². The molecule has 0 spiro atoms. The van der Waals surface area contributed by atoms with Crippen LogP contribution in [0.5, 0.6) is 0 Å². The number of amides is 1. The highest BCUT2D eigenvalue weighted by molar-refractivity contribution is 14.1. The average molecular weight is 509 g/mol. The first-order valence-electron chi connectivity index (χ1n) is 9.88. The zero-order valence-electron chi connectivity index (χ0n) is 16.7. The van der Waals surface area contributed by atoms with Gasteiger partial charge < -0.3 is 9.30 Å². The van der Waals surface area contributed by atoms with Crippen molar-refractivity contribution in [2.24, 2.45) is 5.10 Å². The van der Waals surface area contributed by atoms with Gasteiger partial charge in [0.05, 0.1) is 0 Å². The highest BCUT2D eigenvalue weighted by atomic mass is 127. The Hall–Kier alpha value is -2.87. The largest absolute Gasteiger partial charge is 0.446 e. The van der Waals surface area contributed by atoms with Gasteiger partial charge in [-0.1, -0.05) is 30.3 Å². The molecule has 5 rings (SSSR count). The van der Waals surface area contributed by atoms with E-state index in [1.165, 1.54) is 28.4 Å². The fourth-order valence-corrected chi connectivity index (χ4v) is 4.65. The second-order valence-electron chi connectivity index (χ2n) is 7.29. The molecule has 0 N–H and O–H groups in total. The van der Waals surface area contributed by atoms with Gasteiger partial charge in [0.2, 0.25) is 18.0 Å². The number of hydrazone groups is 1. The summed E-state index contributed by atoms with van der Waals surface area (Å²) in [4.78, 5) is 12.3. The van der Waals surface area contributed by atoms with E-state index in [2.05, 4.69) is 75.6 Å². The summed E-state index contributed by atoms with van der Waals surface area (Å²) in [6, 6.07) is 22.6. The van der Waals surface area contributed by atoms with Crippen LogP contribution < -0.4 is 0 Å². The van der Waals surface area contributed by atoms with Crippen molar-refractivity contribution in [2.45, 2.75) is 26.6 Å². The number of carbonyl (C=O) groups is 1. The Morgan fingerprint density at radius 1 is 1.03 bits per heavy atom. The molecule has 2 heterocycles. The third-order valence-electron chi connectivity index (χ3n) is 5.44. The van der Waals surface area contributed by atoms with Crippen LogP contribution >= 0.6 is 22.6 Å². The Kier molecular flexibility index (Phi) is 4.73. The van der Waals surface area contributed by atoms with Crippen molar-refractivity contribution in [3.05, 3.63) is 81.4 Å². The molecule has 4 aromatic rings. The number of ether oxygens (including phenoxy) is 1. The van der Waals surface area contributed by atoms with Crippen LogP contribution in [0.4, 0.5) is 0 Å². The van der Waals surface area contributed by atoms with Crippen LogP contribution in [-0.2, 0) is 16.1 Å². The van der Waals surface area contributed by atoms with E-state index in [4.69, 9.17) is 4.74 Å². The van der Waals surface area contributed by atoms with Gasteiger partial charge in [-0.05, 0) is 65.9 Å². The molecule has 150 valence electrons. The van der Waals surface area contributed by atoms with Crippen molar-refractivity contribution in [1.82, 2.24) is 9.58 Å². The summed E-state index contributed by atoms with van der Waals surface area (Å²) in [7, 11) is 0. The number of benzene rings is 3. The number of rotatable bonds is 3. The fraction of sp³-hybridized carbons (Fsp3) is 0.167. The van der Waals surface area contributed by atoms with Crippen molar-refractivity contribution in [3.63, 3.8) is 0 Å². The summed E-state index contributed by atoms with van der Waals surface area (Å²) in [5.41, 5.74) is 4.16. The number of fused-ring (bicyclic) bond motifs is 3. The van der Waals surface area contributed by atoms with E-state index < -0.39 is 6.23 Å². The summed E-state index contributed by atoms with van der Waals surface area (Å²) >= 11 is 2.26. The molecule has 0 radical (unpaired) electrons. The summed E-state index contributed by atoms with van der Waals surface area (Å²) in [6.45, 7) is 4.56. The smallest absolute Gasteiger partial charge is 0.243 e. The number of carbonyl (C=O) groups excluding carboxylic acids is 1. The Morgan fingerprint density at radius 3 is 2.60 bits per heavy atom. The minimum atomic E-state index is -0.556. The highest BCUT2D eigenvalue weighted by Gasteiger charge is 2.33. The zero-order chi connectivity index (χ0) is 20.8. The van der Waals surface area contributed by atoms with Crippen LogP contribution in [0.25, 0.3) is 21.8 Å². The lowest BCUT2D eigenvalue weighted by atomic mass is 10.1. The molecule has 3 aromatic carbocycles. The number of halogens is 1. The summed E-state index contributed by atoms with van der Waals surface area (Å²) < 4.78 is 9.59. The molecule has 0 fully saturated rings. The predicted octanol–water partition coefficient (Wildman–Crippen LogP) is 5.66. The number of hydrogen-bond acceptors (Lipinski definition) is 3. The van der Waals surface area contributed by atoms with Gasteiger partial charge in [0.25, 0.3) is 0 Å². The fourth-order valence-electron chi connectivity index (χ4n) is 4.09. The van der Waals surface area contributed by atoms with E-state index in [0.717, 1.165) is 26.6 Å². The van der Waals surface area contributed by atoms with Crippen LogP contribution in [-0.4, -0.2) is 21.4 Å². The maximum absolute atomic E-state index is 12.3. The topological polar surface area (TPSA) is 46.8 Å². The third-order valence-corrected chi connectivity index (χ3v) is 6.11. The average Bonchev–Trinajstić information content (AvgIpc) is 3.33. The Balaban J connectivity index is 1.60. The molecule has 1 aliphatic heterocycles. The van der Waals surface area contributed by atoms with Gasteiger partial charge in [0.1, 0.15) is 0 Å². The second-order valence-corrected chi connectivity index (χ2v) is 8.53. The van der Waals surface area contributed by atoms with E-state index in [9.17, 15) is 4.79 Å². The van der Waals surface area contributed by atoms with E-state index in [1.807, 2.05) is 30.3 Å². The highest BCUT2D eigenvalue weighted by Crippen LogP contribution is 2.34. The van der Waals surface area contributed by atoms with Gasteiger partial charge >= 0.3 is 0 Å². The van der Waals surface area contributed by atoms with Crippen LogP contribution in [0, 0.1) is 3.57 Å². The van der Waals surface area contributed by atoms with E-state index in [1.54, 1.807) is 0 Å². The predicted molar refractivity (Wildman–Crippen MR) is 127 cm³/mol. The van der Waals surface area contributed by atoms with E-state index >= 15 is 0 Å². The Bertz CT molecular complexity index is 1320. The SMILES string of the molecule is CCn1c2ccccc2c2cc(C3=NN(C(C)=O)[C@@H](c4cccc(I)c4)O3)ccc21. The summed E-state index contributed by atoms with van der Waals surface area (Å²) in [6.07, 6.45) is -0.556. The lowest BCUT2D eigenvalue weighted by molar-refractivity contribution is -0.135. The number of aryl methyl sites for hydroxylation is 1. The number of aromatic nitrogens is 1. The standard InChI is InChI=1S/C24H20IN3O2/c1-3-27-21-10-5-4-9-19(21)20-14-16(11-12-22(20)27)23-26-28(15(2)29)24(30-23)17-7-6-8-18(25)13-17/h4-14,24H,3H2,1-2H3/t24-/m1/s1. The quantitative estimate of drug-likeness (QED) is 0.335. The molecule has 6 heteroatoms. The molecular formula is C24H20IN3O2. The maximum atomic E-state index is 12.3. The maximum Gasteiger partial charge on any atom is 0.243 e. The first-order chi connectivity index (χ1) is 14.6. The molecule has 0 saturated carbocycles. The van der Waals surface area contributed by atoms with Crippen LogP contribution in [0.3, 0.4) is 0 Å². The van der Waals surface area contributed by atoms with E-state index in [0.29, 0.717) is 5.90 Å². The molecule has 0 aliphatic carbocycles. The lowest BCUT2D eigenvalue weighted by Gasteiger charge is -2.19. The Labute approximate surface area is 188 Å². The first-order valence-corrected chi connectivity index (χ1v) is 11.0. The van der Waals surface area contributed by atoms with Crippen molar-refractivity contribution in [2.75, 3.05) is 0 Å². The van der Waals surface area contributed by atoms with Gasteiger partial charge in [-0.2, -0.15) is 5.01 Å². The summed E-state index contributed by atoms with van der Waals surface area (Å²) in [5, 5.41) is 8.30. The molecule has 0 unspecified atom stereocenters. The monoisotopic (exact) mass is 509 g/mol. The molecule has 30 heavy (non-hydrogen) atoms. The molecule has 0 saturated heterocycles. The Morgan fingerprint density at radius 2 is 1.83 bits per heavy atom. The molecular weight excluding hydrogens is 489 g/mol. The second kappa shape index (κ2) is 7.43. The van der Waals surface area contributed by atoms with Gasteiger partial charge in [-0.3, -0.25) is 4.79 Å². The van der Waals surface area contributed by atoms with Crippen molar-refractivity contribution in [1.29, 1.82) is 0 Å². The summed E-state index contributed by atoms with van der Waals surface area (Å²) in [5.74, 6) is 0.307. The molecule has 1 atom stereocenters. The van der Waals surface area contributed by atoms with Crippen molar-refractivity contribution in [3.8, 4) is 0 Å². The van der Waals surface area contributed by atoms with Crippen LogP contribution in [0.15, 0.2) is 71.8 Å².